The van der Waals surface area contributed by atoms with Gasteiger partial charge in [0.05, 0.1) is 10.0 Å². The normalized spacial score (nSPS) is 21.9. The molecule has 1 heterocycles. The van der Waals surface area contributed by atoms with E-state index in [0.29, 0.717) is 52.4 Å². The van der Waals surface area contributed by atoms with Gasteiger partial charge in [-0.25, -0.2) is 4.39 Å². The summed E-state index contributed by atoms with van der Waals surface area (Å²) in [4.78, 5) is 29.6. The molecule has 2 aromatic carbocycles. The molecule has 0 saturated heterocycles. The van der Waals surface area contributed by atoms with Crippen molar-refractivity contribution in [2.45, 2.75) is 59.3 Å². The van der Waals surface area contributed by atoms with E-state index in [-0.39, 0.29) is 28.2 Å². The fourth-order valence-electron chi connectivity index (χ4n) is 5.92. The van der Waals surface area contributed by atoms with Crippen molar-refractivity contribution in [3.8, 4) is 0 Å². The number of hydrogen-bond acceptors (Lipinski definition) is 3. The molecule has 5 rings (SSSR count). The summed E-state index contributed by atoms with van der Waals surface area (Å²) in [5, 5.41) is 0.845. The van der Waals surface area contributed by atoms with Crippen LogP contribution in [0.15, 0.2) is 65.0 Å². The molecule has 0 atom stereocenters. The molecular formula is C29H28Cl2FNO2. The maximum atomic E-state index is 14.4. The summed E-state index contributed by atoms with van der Waals surface area (Å²) in [5.41, 5.74) is 3.80. The van der Waals surface area contributed by atoms with E-state index < -0.39 is 5.92 Å². The lowest BCUT2D eigenvalue weighted by atomic mass is 9.63. The van der Waals surface area contributed by atoms with Gasteiger partial charge in [-0.1, -0.05) is 63.0 Å². The Morgan fingerprint density at radius 3 is 1.89 bits per heavy atom. The van der Waals surface area contributed by atoms with Gasteiger partial charge in [0.1, 0.15) is 5.82 Å². The first-order valence-corrected chi connectivity index (χ1v) is 12.7. The fourth-order valence-corrected chi connectivity index (χ4v) is 6.21. The third-order valence-corrected chi connectivity index (χ3v) is 7.99. The second-order valence-electron chi connectivity index (χ2n) is 11.5. The number of halogens is 3. The average molecular weight is 512 g/mol. The number of carbonyl (C=O) groups is 2. The summed E-state index contributed by atoms with van der Waals surface area (Å²) >= 11 is 12.7. The highest BCUT2D eigenvalue weighted by atomic mass is 35.5. The molecule has 0 aromatic heterocycles. The number of ketones is 2. The molecule has 0 N–H and O–H groups in total. The highest BCUT2D eigenvalue weighted by Gasteiger charge is 2.49. The standard InChI is InChI=1S/C29H28Cl2FNO2/c1-28(2)12-21-26(23(34)14-28)25(16-6-5-7-17(32)10-16)27-22(13-29(3,4)15-24(27)35)33(21)18-8-9-19(30)20(31)11-18/h5-11,25H,12-15H2,1-4H3. The van der Waals surface area contributed by atoms with Crippen molar-refractivity contribution in [3.05, 3.63) is 86.4 Å². The molecule has 1 aliphatic heterocycles. The molecule has 0 amide bonds. The number of carbonyl (C=O) groups excluding carboxylic acids is 2. The summed E-state index contributed by atoms with van der Waals surface area (Å²) in [6.07, 6.45) is 2.03. The second kappa shape index (κ2) is 8.31. The van der Waals surface area contributed by atoms with Gasteiger partial charge in [-0.2, -0.15) is 0 Å². The lowest BCUT2D eigenvalue weighted by molar-refractivity contribution is -0.119. The van der Waals surface area contributed by atoms with E-state index in [1.807, 2.05) is 12.1 Å². The van der Waals surface area contributed by atoms with Crippen molar-refractivity contribution in [3.63, 3.8) is 0 Å². The predicted octanol–water partition coefficient (Wildman–Crippen LogP) is 8.02. The van der Waals surface area contributed by atoms with E-state index >= 15 is 0 Å². The Bertz CT molecular complexity index is 1280. The van der Waals surface area contributed by atoms with Gasteiger partial charge in [0.15, 0.2) is 11.6 Å². The van der Waals surface area contributed by atoms with Crippen LogP contribution in [0, 0.1) is 16.6 Å². The van der Waals surface area contributed by atoms with Gasteiger partial charge in [-0.05, 0) is 59.6 Å². The molecule has 0 bridgehead atoms. The van der Waals surface area contributed by atoms with Crippen LogP contribution < -0.4 is 4.90 Å². The molecule has 0 spiro atoms. The monoisotopic (exact) mass is 511 g/mol. The van der Waals surface area contributed by atoms with E-state index in [1.165, 1.54) is 12.1 Å². The van der Waals surface area contributed by atoms with Gasteiger partial charge in [-0.15, -0.1) is 0 Å². The summed E-state index contributed by atoms with van der Waals surface area (Å²) in [7, 11) is 0. The SMILES string of the molecule is CC1(C)CC(=O)C2=C(C1)N(c1ccc(Cl)c(Cl)c1)C1=C(C(=O)CC(C)(C)C1)C2c1cccc(F)c1. The molecule has 0 fully saturated rings. The van der Waals surface area contributed by atoms with Crippen LogP contribution in [0.5, 0.6) is 0 Å². The number of benzene rings is 2. The van der Waals surface area contributed by atoms with Gasteiger partial charge in [0, 0.05) is 47.0 Å². The Morgan fingerprint density at radius 2 is 1.37 bits per heavy atom. The van der Waals surface area contributed by atoms with Crippen LogP contribution >= 0.6 is 23.2 Å². The third kappa shape index (κ3) is 4.25. The Hall–Kier alpha value is -2.43. The van der Waals surface area contributed by atoms with E-state index in [4.69, 9.17) is 23.2 Å². The molecule has 0 radical (unpaired) electrons. The van der Waals surface area contributed by atoms with Crippen LogP contribution in [0.4, 0.5) is 10.1 Å². The topological polar surface area (TPSA) is 37.4 Å². The molecule has 2 aliphatic carbocycles. The Morgan fingerprint density at radius 1 is 0.800 bits per heavy atom. The summed E-state index contributed by atoms with van der Waals surface area (Å²) in [5.74, 6) is -0.965. The quantitative estimate of drug-likeness (QED) is 0.409. The third-order valence-electron chi connectivity index (χ3n) is 7.25. The zero-order valence-corrected chi connectivity index (χ0v) is 21.9. The average Bonchev–Trinajstić information content (AvgIpc) is 2.73. The van der Waals surface area contributed by atoms with Gasteiger partial charge < -0.3 is 4.90 Å². The highest BCUT2D eigenvalue weighted by molar-refractivity contribution is 6.42. The molecule has 3 nitrogen and oxygen atoms in total. The zero-order chi connectivity index (χ0) is 25.3. The number of allylic oxidation sites excluding steroid dienone is 4. The lowest BCUT2D eigenvalue weighted by Gasteiger charge is -2.49. The first-order valence-electron chi connectivity index (χ1n) is 11.9. The summed E-state index contributed by atoms with van der Waals surface area (Å²) in [6, 6.07) is 11.7. The minimum Gasteiger partial charge on any atom is -0.317 e. The van der Waals surface area contributed by atoms with Crippen molar-refractivity contribution in [1.29, 1.82) is 0 Å². The minimum absolute atomic E-state index is 0.000227. The number of hydrogen-bond donors (Lipinski definition) is 0. The molecule has 6 heteroatoms. The van der Waals surface area contributed by atoms with Gasteiger partial charge in [0.25, 0.3) is 0 Å². The number of Topliss-reactive ketones (excluding diaryl/α,β-unsaturated/α-hetero) is 2. The molecule has 0 unspecified atom stereocenters. The van der Waals surface area contributed by atoms with Gasteiger partial charge >= 0.3 is 0 Å². The van der Waals surface area contributed by atoms with Crippen LogP contribution in [0.3, 0.4) is 0 Å². The van der Waals surface area contributed by atoms with Crippen LogP contribution in [0.25, 0.3) is 0 Å². The Balaban J connectivity index is 1.85. The first-order chi connectivity index (χ1) is 16.4. The summed E-state index contributed by atoms with van der Waals surface area (Å²) < 4.78 is 14.4. The largest absolute Gasteiger partial charge is 0.317 e. The first kappa shape index (κ1) is 24.3. The van der Waals surface area contributed by atoms with Crippen molar-refractivity contribution in [1.82, 2.24) is 0 Å². The smallest absolute Gasteiger partial charge is 0.162 e. The lowest BCUT2D eigenvalue weighted by Crippen LogP contribution is -2.44. The molecular weight excluding hydrogens is 484 g/mol. The number of anilines is 1. The number of nitrogens with zero attached hydrogens (tertiary/aromatic N) is 1. The molecule has 35 heavy (non-hydrogen) atoms. The second-order valence-corrected chi connectivity index (χ2v) is 12.3. The Labute approximate surface area is 215 Å². The Kier molecular flexibility index (Phi) is 5.77. The van der Waals surface area contributed by atoms with Crippen molar-refractivity contribution >= 4 is 40.5 Å². The number of rotatable bonds is 2. The molecule has 2 aromatic rings. The van der Waals surface area contributed by atoms with Crippen LogP contribution in [-0.4, -0.2) is 11.6 Å². The van der Waals surface area contributed by atoms with Crippen LogP contribution in [0.2, 0.25) is 10.0 Å². The van der Waals surface area contributed by atoms with E-state index in [2.05, 4.69) is 32.6 Å². The van der Waals surface area contributed by atoms with Gasteiger partial charge in [-0.3, -0.25) is 9.59 Å². The molecule has 3 aliphatic rings. The maximum absolute atomic E-state index is 14.4. The maximum Gasteiger partial charge on any atom is 0.162 e. The van der Waals surface area contributed by atoms with E-state index in [1.54, 1.807) is 18.2 Å². The zero-order valence-electron chi connectivity index (χ0n) is 20.3. The highest BCUT2D eigenvalue weighted by Crippen LogP contribution is 2.55. The van der Waals surface area contributed by atoms with Crippen LogP contribution in [0.1, 0.15) is 64.9 Å². The van der Waals surface area contributed by atoms with Crippen molar-refractivity contribution in [2.75, 3.05) is 4.90 Å². The summed E-state index contributed by atoms with van der Waals surface area (Å²) in [6.45, 7) is 8.33. The predicted molar refractivity (Wildman–Crippen MR) is 138 cm³/mol. The van der Waals surface area contributed by atoms with E-state index in [0.717, 1.165) is 17.1 Å². The van der Waals surface area contributed by atoms with Gasteiger partial charge in [0.2, 0.25) is 0 Å². The minimum atomic E-state index is -0.582. The van der Waals surface area contributed by atoms with Crippen molar-refractivity contribution in [2.24, 2.45) is 10.8 Å². The fraction of sp³-hybridized carbons (Fsp3) is 0.379. The molecule has 182 valence electrons. The van der Waals surface area contributed by atoms with Crippen LogP contribution in [-0.2, 0) is 9.59 Å². The molecule has 0 saturated carbocycles. The van der Waals surface area contributed by atoms with E-state index in [9.17, 15) is 14.0 Å². The van der Waals surface area contributed by atoms with Crippen molar-refractivity contribution < 1.29 is 14.0 Å².